The van der Waals surface area contributed by atoms with Crippen LogP contribution in [0, 0.1) is 17.6 Å². The molecule has 0 amide bonds. The zero-order chi connectivity index (χ0) is 20.7. The van der Waals surface area contributed by atoms with E-state index in [0.717, 1.165) is 17.0 Å². The van der Waals surface area contributed by atoms with E-state index in [1.54, 1.807) is 18.3 Å². The second-order valence-corrected chi connectivity index (χ2v) is 8.29. The predicted molar refractivity (Wildman–Crippen MR) is 106 cm³/mol. The highest BCUT2D eigenvalue weighted by molar-refractivity contribution is 7.10. The van der Waals surface area contributed by atoms with Crippen LogP contribution in [0.15, 0.2) is 52.0 Å². The molecule has 0 spiro atoms. The number of rotatable bonds is 3. The fourth-order valence-corrected chi connectivity index (χ4v) is 5.11. The molecule has 7 heteroatoms. The van der Waals surface area contributed by atoms with Crippen LogP contribution in [0.3, 0.4) is 0 Å². The Kier molecular flexibility index (Phi) is 5.17. The number of carbonyl (C=O) groups is 2. The molecule has 150 valence electrons. The molecule has 1 aromatic heterocycles. The maximum Gasteiger partial charge on any atom is 0.315 e. The number of ketones is 1. The molecule has 29 heavy (non-hydrogen) atoms. The summed E-state index contributed by atoms with van der Waals surface area (Å²) in [5.41, 5.74) is 1.89. The van der Waals surface area contributed by atoms with Gasteiger partial charge in [-0.25, -0.2) is 8.78 Å². The minimum atomic E-state index is -1.02. The van der Waals surface area contributed by atoms with E-state index in [2.05, 4.69) is 4.99 Å². The van der Waals surface area contributed by atoms with Crippen LogP contribution in [0.25, 0.3) is 0 Å². The largest absolute Gasteiger partial charge is 0.468 e. The number of Topliss-reactive ketones (excluding diaryl/α,β-unsaturated/α-hetero) is 1. The predicted octanol–water partition coefficient (Wildman–Crippen LogP) is 4.77. The molecule has 1 aromatic carbocycles. The van der Waals surface area contributed by atoms with Crippen LogP contribution in [0.2, 0.25) is 0 Å². The van der Waals surface area contributed by atoms with E-state index >= 15 is 0 Å². The van der Waals surface area contributed by atoms with E-state index in [0.29, 0.717) is 35.4 Å². The first kappa shape index (κ1) is 19.6. The lowest BCUT2D eigenvalue weighted by atomic mass is 9.70. The summed E-state index contributed by atoms with van der Waals surface area (Å²) >= 11 is 1.59. The average molecular weight is 415 g/mol. The Hall–Kier alpha value is -2.67. The van der Waals surface area contributed by atoms with Gasteiger partial charge in [-0.15, -0.1) is 11.3 Å². The van der Waals surface area contributed by atoms with Crippen LogP contribution in [0.1, 0.15) is 42.0 Å². The van der Waals surface area contributed by atoms with Gasteiger partial charge < -0.3 is 4.74 Å². The number of benzene rings is 1. The molecule has 1 unspecified atom stereocenters. The van der Waals surface area contributed by atoms with E-state index in [1.165, 1.54) is 13.2 Å². The second kappa shape index (κ2) is 7.63. The first-order valence-corrected chi connectivity index (χ1v) is 10.2. The van der Waals surface area contributed by atoms with Crippen molar-refractivity contribution in [2.75, 3.05) is 7.11 Å². The number of halogens is 2. The van der Waals surface area contributed by atoms with Crippen LogP contribution in [-0.4, -0.2) is 24.6 Å². The highest BCUT2D eigenvalue weighted by atomic mass is 32.1. The number of nitrogens with zero attached hydrogens (tertiary/aromatic N) is 1. The van der Waals surface area contributed by atoms with Gasteiger partial charge in [0.15, 0.2) is 17.4 Å². The smallest absolute Gasteiger partial charge is 0.315 e. The molecular formula is C22H19F2NO3S. The van der Waals surface area contributed by atoms with Crippen LogP contribution in [0.5, 0.6) is 0 Å². The summed E-state index contributed by atoms with van der Waals surface area (Å²) < 4.78 is 32.4. The molecule has 0 fully saturated rings. The number of ether oxygens (including phenoxy) is 1. The number of hydrogen-bond donors (Lipinski definition) is 0. The van der Waals surface area contributed by atoms with Gasteiger partial charge in [0.05, 0.1) is 7.11 Å². The monoisotopic (exact) mass is 415 g/mol. The SMILES string of the molecule is COC(=O)C1C(C)=NC2=C(C(=O)C[C@@H](c3cccs3)C2)[C@H]1c1ccc(F)c(F)c1. The zero-order valence-electron chi connectivity index (χ0n) is 15.9. The van der Waals surface area contributed by atoms with Crippen LogP contribution in [0.4, 0.5) is 8.78 Å². The van der Waals surface area contributed by atoms with Gasteiger partial charge in [-0.1, -0.05) is 12.1 Å². The van der Waals surface area contributed by atoms with E-state index in [4.69, 9.17) is 4.74 Å². The maximum absolute atomic E-state index is 14.0. The Morgan fingerprint density at radius 1 is 1.21 bits per heavy atom. The number of thiophene rings is 1. The summed E-state index contributed by atoms with van der Waals surface area (Å²) in [5, 5.41) is 1.97. The number of allylic oxidation sites excluding steroid dienone is 2. The van der Waals surface area contributed by atoms with Crippen LogP contribution < -0.4 is 0 Å². The fraction of sp³-hybridized carbons (Fsp3) is 0.318. The third-order valence-corrected chi connectivity index (χ3v) is 6.63. The maximum atomic E-state index is 14.0. The summed E-state index contributed by atoms with van der Waals surface area (Å²) in [6.45, 7) is 1.71. The van der Waals surface area contributed by atoms with Gasteiger partial charge in [0, 0.05) is 40.1 Å². The second-order valence-electron chi connectivity index (χ2n) is 7.31. The van der Waals surface area contributed by atoms with Crippen molar-refractivity contribution in [3.63, 3.8) is 0 Å². The Balaban J connectivity index is 1.84. The molecule has 2 aliphatic rings. The van der Waals surface area contributed by atoms with Gasteiger partial charge in [-0.05, 0) is 42.5 Å². The molecule has 0 saturated carbocycles. The number of esters is 1. The van der Waals surface area contributed by atoms with Crippen molar-refractivity contribution >= 4 is 28.8 Å². The molecule has 1 aliphatic carbocycles. The van der Waals surface area contributed by atoms with Gasteiger partial charge >= 0.3 is 5.97 Å². The summed E-state index contributed by atoms with van der Waals surface area (Å²) in [5.74, 6) is -4.25. The van der Waals surface area contributed by atoms with Gasteiger partial charge in [0.25, 0.3) is 0 Å². The topological polar surface area (TPSA) is 55.7 Å². The highest BCUT2D eigenvalue weighted by Crippen LogP contribution is 2.47. The van der Waals surface area contributed by atoms with Gasteiger partial charge in [-0.2, -0.15) is 0 Å². The van der Waals surface area contributed by atoms with Crippen molar-refractivity contribution < 1.29 is 23.1 Å². The molecule has 0 bridgehead atoms. The summed E-state index contributed by atoms with van der Waals surface area (Å²) in [4.78, 5) is 31.4. The quantitative estimate of drug-likeness (QED) is 0.679. The van der Waals surface area contributed by atoms with Gasteiger partial charge in [-0.3, -0.25) is 14.6 Å². The van der Waals surface area contributed by atoms with E-state index in [9.17, 15) is 18.4 Å². The summed E-state index contributed by atoms with van der Waals surface area (Å²) in [7, 11) is 1.26. The van der Waals surface area contributed by atoms with Crippen molar-refractivity contribution in [1.29, 1.82) is 0 Å². The lowest BCUT2D eigenvalue weighted by molar-refractivity contribution is -0.143. The first-order chi connectivity index (χ1) is 13.9. The van der Waals surface area contributed by atoms with Crippen molar-refractivity contribution in [3.05, 3.63) is 69.1 Å². The van der Waals surface area contributed by atoms with Crippen LogP contribution in [-0.2, 0) is 14.3 Å². The van der Waals surface area contributed by atoms with Crippen LogP contribution >= 0.6 is 11.3 Å². The third-order valence-electron chi connectivity index (χ3n) is 5.59. The third kappa shape index (κ3) is 3.44. The summed E-state index contributed by atoms with van der Waals surface area (Å²) in [6, 6.07) is 7.43. The molecule has 0 radical (unpaired) electrons. The minimum Gasteiger partial charge on any atom is -0.468 e. The number of aliphatic imine (C=N–C) groups is 1. The zero-order valence-corrected chi connectivity index (χ0v) is 16.8. The molecule has 0 N–H and O–H groups in total. The number of hydrogen-bond acceptors (Lipinski definition) is 5. The Bertz CT molecular complexity index is 1040. The lowest BCUT2D eigenvalue weighted by Gasteiger charge is -2.36. The molecule has 1 aliphatic heterocycles. The first-order valence-electron chi connectivity index (χ1n) is 9.28. The van der Waals surface area contributed by atoms with Gasteiger partial charge in [0.1, 0.15) is 5.92 Å². The van der Waals surface area contributed by atoms with E-state index in [1.807, 2.05) is 17.5 Å². The van der Waals surface area contributed by atoms with Crippen molar-refractivity contribution in [1.82, 2.24) is 0 Å². The summed E-state index contributed by atoms with van der Waals surface area (Å²) in [6.07, 6.45) is 0.856. The van der Waals surface area contributed by atoms with Crippen molar-refractivity contribution in [2.45, 2.75) is 31.6 Å². The van der Waals surface area contributed by atoms with E-state index in [-0.39, 0.29) is 11.7 Å². The van der Waals surface area contributed by atoms with Gasteiger partial charge in [0.2, 0.25) is 0 Å². The van der Waals surface area contributed by atoms with Crippen molar-refractivity contribution in [2.24, 2.45) is 10.9 Å². The normalized spacial score (nSPS) is 24.2. The Morgan fingerprint density at radius 3 is 2.66 bits per heavy atom. The fourth-order valence-electron chi connectivity index (χ4n) is 4.28. The number of methoxy groups -OCH3 is 1. The molecule has 0 saturated heterocycles. The molecule has 2 aromatic rings. The molecule has 4 nitrogen and oxygen atoms in total. The average Bonchev–Trinajstić information content (AvgIpc) is 3.23. The van der Waals surface area contributed by atoms with E-state index < -0.39 is 29.4 Å². The Morgan fingerprint density at radius 2 is 2.00 bits per heavy atom. The molecule has 4 rings (SSSR count). The lowest BCUT2D eigenvalue weighted by Crippen LogP contribution is -2.37. The minimum absolute atomic E-state index is 0.0260. The molecule has 3 atom stereocenters. The number of carbonyl (C=O) groups excluding carboxylic acids is 2. The standard InChI is InChI=1S/C22H19F2NO3S/c1-11-19(22(27)28-2)20(12-5-6-14(23)15(24)8-12)21-16(25-11)9-13(10-17(21)26)18-4-3-7-29-18/h3-8,13,19-20H,9-10H2,1-2H3/t13-,19?,20-/m0/s1. The molecular weight excluding hydrogens is 396 g/mol. The van der Waals surface area contributed by atoms with Crippen molar-refractivity contribution in [3.8, 4) is 0 Å². The Labute approximate surface area is 170 Å². The molecule has 2 heterocycles. The highest BCUT2D eigenvalue weighted by Gasteiger charge is 2.44.